The third kappa shape index (κ3) is 2.03. The van der Waals surface area contributed by atoms with Crippen molar-refractivity contribution in [2.45, 2.75) is 38.6 Å². The molecular formula is C15H23N5O2. The lowest BCUT2D eigenvalue weighted by Crippen LogP contribution is -2.38. The van der Waals surface area contributed by atoms with E-state index in [9.17, 15) is 9.59 Å². The Bertz CT molecular complexity index is 844. The number of hydrogen-bond donors (Lipinski definition) is 1. The average molecular weight is 305 g/mol. The summed E-state index contributed by atoms with van der Waals surface area (Å²) in [4.78, 5) is 29.5. The van der Waals surface area contributed by atoms with E-state index < -0.39 is 0 Å². The molecule has 1 aliphatic rings. The van der Waals surface area contributed by atoms with Crippen molar-refractivity contribution in [1.29, 1.82) is 0 Å². The number of nitrogens with one attached hydrogen (secondary N) is 1. The van der Waals surface area contributed by atoms with Gasteiger partial charge >= 0.3 is 5.69 Å². The molecule has 1 N–H and O–H groups in total. The molecule has 120 valence electrons. The van der Waals surface area contributed by atoms with Crippen molar-refractivity contribution in [3.05, 3.63) is 26.7 Å². The summed E-state index contributed by atoms with van der Waals surface area (Å²) in [7, 11) is 3.19. The maximum atomic E-state index is 12.7. The minimum Gasteiger partial charge on any atom is -0.317 e. The van der Waals surface area contributed by atoms with Gasteiger partial charge in [-0.25, -0.2) is 9.78 Å². The van der Waals surface area contributed by atoms with Crippen LogP contribution < -0.4 is 16.6 Å². The van der Waals surface area contributed by atoms with E-state index in [1.165, 1.54) is 11.6 Å². The van der Waals surface area contributed by atoms with E-state index in [0.29, 0.717) is 11.2 Å². The average Bonchev–Trinajstić information content (AvgIpc) is 3.08. The largest absolute Gasteiger partial charge is 0.332 e. The molecule has 2 aromatic heterocycles. The third-order valence-corrected chi connectivity index (χ3v) is 4.36. The summed E-state index contributed by atoms with van der Waals surface area (Å²) in [5.41, 5.74) is 0.191. The number of nitrogens with zero attached hydrogens (tertiary/aromatic N) is 4. The predicted molar refractivity (Wildman–Crippen MR) is 85.4 cm³/mol. The highest BCUT2D eigenvalue weighted by molar-refractivity contribution is 5.71. The number of rotatable bonds is 1. The van der Waals surface area contributed by atoms with Crippen molar-refractivity contribution < 1.29 is 0 Å². The van der Waals surface area contributed by atoms with Crippen molar-refractivity contribution in [3.63, 3.8) is 0 Å². The number of hydrogen-bond acceptors (Lipinski definition) is 4. The predicted octanol–water partition coefficient (Wildman–Crippen LogP) is 0.266. The van der Waals surface area contributed by atoms with Gasteiger partial charge in [-0.1, -0.05) is 20.8 Å². The van der Waals surface area contributed by atoms with Gasteiger partial charge in [0.2, 0.25) is 0 Å². The van der Waals surface area contributed by atoms with Crippen LogP contribution in [0.2, 0.25) is 0 Å². The first kappa shape index (κ1) is 15.0. The summed E-state index contributed by atoms with van der Waals surface area (Å²) in [6.07, 6.45) is 0.959. The van der Waals surface area contributed by atoms with Gasteiger partial charge in [0.25, 0.3) is 5.56 Å². The van der Waals surface area contributed by atoms with Crippen LogP contribution in [0.1, 0.15) is 39.1 Å². The summed E-state index contributed by atoms with van der Waals surface area (Å²) in [6.45, 7) is 7.99. The minimum absolute atomic E-state index is 0.199. The molecule has 1 atom stereocenters. The van der Waals surface area contributed by atoms with Crippen LogP contribution in [0.5, 0.6) is 0 Å². The molecule has 7 heteroatoms. The summed E-state index contributed by atoms with van der Waals surface area (Å²) in [5.74, 6) is 0.856. The van der Waals surface area contributed by atoms with Gasteiger partial charge in [0.1, 0.15) is 5.82 Å². The molecule has 22 heavy (non-hydrogen) atoms. The lowest BCUT2D eigenvalue weighted by atomic mass is 9.95. The second-order valence-electron chi connectivity index (χ2n) is 7.08. The molecule has 1 fully saturated rings. The van der Waals surface area contributed by atoms with Gasteiger partial charge in [0, 0.05) is 32.1 Å². The van der Waals surface area contributed by atoms with Gasteiger partial charge in [0.15, 0.2) is 11.2 Å². The molecule has 0 spiro atoms. The lowest BCUT2D eigenvalue weighted by Gasteiger charge is -2.23. The van der Waals surface area contributed by atoms with Crippen molar-refractivity contribution in [3.8, 4) is 0 Å². The molecule has 7 nitrogen and oxygen atoms in total. The molecule has 1 unspecified atom stereocenters. The molecule has 2 aromatic rings. The van der Waals surface area contributed by atoms with Gasteiger partial charge < -0.3 is 9.88 Å². The molecular weight excluding hydrogens is 282 g/mol. The first-order valence-electron chi connectivity index (χ1n) is 7.62. The fourth-order valence-corrected chi connectivity index (χ4v) is 3.16. The quantitative estimate of drug-likeness (QED) is 0.820. The normalized spacial score (nSPS) is 19.2. The zero-order valence-electron chi connectivity index (χ0n) is 13.8. The Morgan fingerprint density at radius 3 is 2.41 bits per heavy atom. The Hall–Kier alpha value is -1.89. The van der Waals surface area contributed by atoms with Crippen molar-refractivity contribution in [2.24, 2.45) is 14.1 Å². The highest BCUT2D eigenvalue weighted by atomic mass is 16.2. The van der Waals surface area contributed by atoms with Gasteiger partial charge in [0.05, 0.1) is 0 Å². The zero-order valence-corrected chi connectivity index (χ0v) is 13.8. The summed E-state index contributed by atoms with van der Waals surface area (Å²) in [5, 5.41) is 3.34. The third-order valence-electron chi connectivity index (χ3n) is 4.36. The molecule has 3 rings (SSSR count). The van der Waals surface area contributed by atoms with Gasteiger partial charge in [-0.15, -0.1) is 0 Å². The molecule has 1 aliphatic heterocycles. The van der Waals surface area contributed by atoms with E-state index in [1.54, 1.807) is 7.05 Å². The lowest BCUT2D eigenvalue weighted by molar-refractivity contribution is 0.458. The first-order valence-corrected chi connectivity index (χ1v) is 7.62. The van der Waals surface area contributed by atoms with Crippen LogP contribution in [0.25, 0.3) is 11.2 Å². The molecule has 0 saturated carbocycles. The summed E-state index contributed by atoms with van der Waals surface area (Å²) < 4.78 is 4.68. The molecule has 0 aromatic carbocycles. The van der Waals surface area contributed by atoms with Crippen molar-refractivity contribution in [2.75, 3.05) is 13.1 Å². The Morgan fingerprint density at radius 1 is 1.18 bits per heavy atom. The first-order chi connectivity index (χ1) is 10.2. The monoisotopic (exact) mass is 305 g/mol. The van der Waals surface area contributed by atoms with Crippen LogP contribution in [0.3, 0.4) is 0 Å². The highest BCUT2D eigenvalue weighted by Crippen LogP contribution is 2.29. The van der Waals surface area contributed by atoms with E-state index in [2.05, 4.69) is 35.6 Å². The fraction of sp³-hybridized carbons (Fsp3) is 0.667. The van der Waals surface area contributed by atoms with Crippen LogP contribution in [-0.2, 0) is 19.5 Å². The van der Waals surface area contributed by atoms with E-state index in [-0.39, 0.29) is 22.7 Å². The molecule has 0 bridgehead atoms. The zero-order chi connectivity index (χ0) is 16.2. The number of fused-ring (bicyclic) bond motifs is 1. The van der Waals surface area contributed by atoms with Crippen LogP contribution in [-0.4, -0.2) is 31.8 Å². The van der Waals surface area contributed by atoms with E-state index in [1.807, 2.05) is 0 Å². The van der Waals surface area contributed by atoms with Crippen molar-refractivity contribution in [1.82, 2.24) is 24.0 Å². The topological polar surface area (TPSA) is 73.8 Å². The Labute approximate surface area is 128 Å². The molecule has 0 amide bonds. The summed E-state index contributed by atoms with van der Waals surface area (Å²) in [6, 6.07) is 0.199. The maximum Gasteiger partial charge on any atom is 0.332 e. The number of aryl methyl sites for hydroxylation is 1. The number of aromatic nitrogens is 4. The Morgan fingerprint density at radius 2 is 1.86 bits per heavy atom. The standard InChI is InChI=1S/C15H23N5O2/c1-15(2,3)13-17-11-10(20(13)9-6-7-16-8-9)12(21)19(5)14(22)18(11)4/h9,16H,6-8H2,1-5H3. The van der Waals surface area contributed by atoms with E-state index >= 15 is 0 Å². The SMILES string of the molecule is Cn1c(=O)c2c(nc(C(C)(C)C)n2C2CCNC2)n(C)c1=O. The smallest absolute Gasteiger partial charge is 0.317 e. The highest BCUT2D eigenvalue weighted by Gasteiger charge is 2.31. The van der Waals surface area contributed by atoms with Gasteiger partial charge in [-0.3, -0.25) is 13.9 Å². The van der Waals surface area contributed by atoms with E-state index in [4.69, 9.17) is 0 Å². The second kappa shape index (κ2) is 4.81. The van der Waals surface area contributed by atoms with Crippen LogP contribution in [0.4, 0.5) is 0 Å². The molecule has 0 radical (unpaired) electrons. The Balaban J connectivity index is 2.48. The number of imidazole rings is 1. The van der Waals surface area contributed by atoms with Crippen LogP contribution >= 0.6 is 0 Å². The molecule has 3 heterocycles. The van der Waals surface area contributed by atoms with Crippen molar-refractivity contribution >= 4 is 11.2 Å². The Kier molecular flexibility index (Phi) is 3.28. The molecule has 0 aliphatic carbocycles. The minimum atomic E-state index is -0.341. The molecule has 1 saturated heterocycles. The van der Waals surface area contributed by atoms with E-state index in [0.717, 1.165) is 29.9 Å². The maximum absolute atomic E-state index is 12.7. The second-order valence-corrected chi connectivity index (χ2v) is 7.08. The fourth-order valence-electron chi connectivity index (χ4n) is 3.16. The summed E-state index contributed by atoms with van der Waals surface area (Å²) >= 11 is 0. The van der Waals surface area contributed by atoms with Crippen LogP contribution in [0.15, 0.2) is 9.59 Å². The van der Waals surface area contributed by atoms with Gasteiger partial charge in [-0.2, -0.15) is 0 Å². The van der Waals surface area contributed by atoms with Gasteiger partial charge in [-0.05, 0) is 13.0 Å². The van der Waals surface area contributed by atoms with Crippen LogP contribution in [0, 0.1) is 0 Å².